The summed E-state index contributed by atoms with van der Waals surface area (Å²) in [5.41, 5.74) is 1.90. The predicted octanol–water partition coefficient (Wildman–Crippen LogP) is 2.21. The van der Waals surface area contributed by atoms with Crippen molar-refractivity contribution < 1.29 is 9.90 Å². The van der Waals surface area contributed by atoms with Gasteiger partial charge < -0.3 is 15.1 Å². The van der Waals surface area contributed by atoms with E-state index in [2.05, 4.69) is 9.97 Å². The minimum atomic E-state index is -0.774. The summed E-state index contributed by atoms with van der Waals surface area (Å²) in [5, 5.41) is 9.48. The molecule has 3 N–H and O–H groups in total. The molecule has 0 saturated heterocycles. The van der Waals surface area contributed by atoms with Gasteiger partial charge in [0.15, 0.2) is 0 Å². The Hall–Kier alpha value is -2.04. The quantitative estimate of drug-likeness (QED) is 0.790. The molecule has 0 radical (unpaired) electrons. The van der Waals surface area contributed by atoms with E-state index >= 15 is 0 Å². The first-order valence-corrected chi connectivity index (χ1v) is 6.60. The second-order valence-electron chi connectivity index (χ2n) is 5.24. The molecule has 1 saturated carbocycles. The summed E-state index contributed by atoms with van der Waals surface area (Å²) in [6.45, 7) is 0. The molecule has 19 heavy (non-hydrogen) atoms. The van der Waals surface area contributed by atoms with Crippen LogP contribution in [0.2, 0.25) is 0 Å². The molecule has 0 spiro atoms. The molecule has 2 aromatic rings. The molecule has 5 heteroatoms. The van der Waals surface area contributed by atoms with Gasteiger partial charge in [-0.1, -0.05) is 18.9 Å². The highest BCUT2D eigenvalue weighted by Gasteiger charge is 2.32. The van der Waals surface area contributed by atoms with E-state index in [1.54, 1.807) is 12.1 Å². The van der Waals surface area contributed by atoms with Gasteiger partial charge in [-0.3, -0.25) is 4.79 Å². The molecule has 5 nitrogen and oxygen atoms in total. The number of imidazole rings is 1. The van der Waals surface area contributed by atoms with E-state index in [-0.39, 0.29) is 11.6 Å². The highest BCUT2D eigenvalue weighted by molar-refractivity contribution is 5.81. The number of hydrogen-bond acceptors (Lipinski definition) is 2. The van der Waals surface area contributed by atoms with Crippen LogP contribution in [0, 0.1) is 5.92 Å². The number of benzene rings is 1. The van der Waals surface area contributed by atoms with E-state index in [1.165, 1.54) is 0 Å². The minimum Gasteiger partial charge on any atom is -0.481 e. The Morgan fingerprint density at radius 2 is 1.89 bits per heavy atom. The van der Waals surface area contributed by atoms with Gasteiger partial charge >= 0.3 is 11.7 Å². The zero-order chi connectivity index (χ0) is 13.4. The second kappa shape index (κ2) is 4.57. The Labute approximate surface area is 109 Å². The lowest BCUT2D eigenvalue weighted by Gasteiger charge is -2.19. The summed E-state index contributed by atoms with van der Waals surface area (Å²) in [6.07, 6.45) is 4.16. The summed E-state index contributed by atoms with van der Waals surface area (Å²) >= 11 is 0. The maximum atomic E-state index is 11.5. The van der Waals surface area contributed by atoms with Crippen LogP contribution in [-0.4, -0.2) is 21.0 Å². The van der Waals surface area contributed by atoms with Crippen molar-refractivity contribution in [3.8, 4) is 0 Å². The molecule has 1 aromatic heterocycles. The van der Waals surface area contributed by atoms with Gasteiger partial charge in [0.25, 0.3) is 0 Å². The first-order chi connectivity index (χ1) is 9.15. The molecule has 0 aliphatic heterocycles. The molecule has 0 bridgehead atoms. The number of carbonyl (C=O) groups is 1. The molecule has 1 fully saturated rings. The van der Waals surface area contributed by atoms with E-state index in [0.29, 0.717) is 11.0 Å². The lowest BCUT2D eigenvalue weighted by Crippen LogP contribution is -2.19. The number of H-pyrrole nitrogens is 2. The third-order valence-electron chi connectivity index (χ3n) is 4.04. The number of carboxylic acid groups (broad SMARTS) is 1. The first kappa shape index (κ1) is 12.0. The smallest absolute Gasteiger partial charge is 0.323 e. The molecule has 1 aliphatic rings. The van der Waals surface area contributed by atoms with Crippen LogP contribution in [0.3, 0.4) is 0 Å². The van der Waals surface area contributed by atoms with Crippen molar-refractivity contribution in [2.24, 2.45) is 5.92 Å². The third kappa shape index (κ3) is 2.16. The number of rotatable bonds is 3. The van der Waals surface area contributed by atoms with Gasteiger partial charge in [-0.05, 0) is 36.5 Å². The van der Waals surface area contributed by atoms with E-state index in [0.717, 1.165) is 31.2 Å². The van der Waals surface area contributed by atoms with Crippen LogP contribution < -0.4 is 5.69 Å². The van der Waals surface area contributed by atoms with E-state index in [1.807, 2.05) is 6.07 Å². The fraction of sp³-hybridized carbons (Fsp3) is 0.429. The van der Waals surface area contributed by atoms with Crippen molar-refractivity contribution >= 4 is 17.0 Å². The lowest BCUT2D eigenvalue weighted by molar-refractivity contribution is -0.140. The van der Waals surface area contributed by atoms with Crippen LogP contribution in [-0.2, 0) is 4.79 Å². The maximum Gasteiger partial charge on any atom is 0.323 e. The van der Waals surface area contributed by atoms with Crippen LogP contribution >= 0.6 is 0 Å². The lowest BCUT2D eigenvalue weighted by atomic mass is 9.85. The molecule has 1 aliphatic carbocycles. The van der Waals surface area contributed by atoms with Crippen molar-refractivity contribution in [1.82, 2.24) is 9.97 Å². The fourth-order valence-corrected chi connectivity index (χ4v) is 3.15. The molecule has 100 valence electrons. The third-order valence-corrected chi connectivity index (χ3v) is 4.04. The molecule has 0 amide bonds. The standard InChI is InChI=1S/C14H16N2O3/c17-13(18)12(8-3-1-2-4-8)9-5-6-10-11(7-9)16-14(19)15-10/h5-8,12H,1-4H2,(H,17,18)(H2,15,16,19). The summed E-state index contributed by atoms with van der Waals surface area (Å²) < 4.78 is 0. The van der Waals surface area contributed by atoms with E-state index in [4.69, 9.17) is 0 Å². The van der Waals surface area contributed by atoms with Gasteiger partial charge in [-0.2, -0.15) is 0 Å². The van der Waals surface area contributed by atoms with Gasteiger partial charge in [0.05, 0.1) is 17.0 Å². The Morgan fingerprint density at radius 3 is 2.58 bits per heavy atom. The highest BCUT2D eigenvalue weighted by Crippen LogP contribution is 2.37. The van der Waals surface area contributed by atoms with Crippen molar-refractivity contribution in [2.45, 2.75) is 31.6 Å². The van der Waals surface area contributed by atoms with E-state index in [9.17, 15) is 14.7 Å². The number of hydrogen-bond donors (Lipinski definition) is 3. The normalized spacial score (nSPS) is 17.9. The average Bonchev–Trinajstić information content (AvgIpc) is 2.96. The number of aliphatic carboxylic acids is 1. The zero-order valence-corrected chi connectivity index (χ0v) is 10.5. The Morgan fingerprint density at radius 1 is 1.21 bits per heavy atom. The SMILES string of the molecule is O=C(O)C(c1ccc2[nH]c(=O)[nH]c2c1)C1CCCC1. The summed E-state index contributed by atoms with van der Waals surface area (Å²) in [6, 6.07) is 5.36. The van der Waals surface area contributed by atoms with Crippen molar-refractivity contribution in [3.05, 3.63) is 34.2 Å². The van der Waals surface area contributed by atoms with Gasteiger partial charge in [-0.25, -0.2) is 4.79 Å². The van der Waals surface area contributed by atoms with Crippen LogP contribution in [0.1, 0.15) is 37.2 Å². The maximum absolute atomic E-state index is 11.5. The Kier molecular flexibility index (Phi) is 2.89. The van der Waals surface area contributed by atoms with Crippen molar-refractivity contribution in [2.75, 3.05) is 0 Å². The van der Waals surface area contributed by atoms with E-state index < -0.39 is 11.9 Å². The van der Waals surface area contributed by atoms with Crippen molar-refractivity contribution in [3.63, 3.8) is 0 Å². The summed E-state index contributed by atoms with van der Waals surface area (Å²) in [7, 11) is 0. The average molecular weight is 260 g/mol. The number of fused-ring (bicyclic) bond motifs is 1. The van der Waals surface area contributed by atoms with Gasteiger partial charge in [-0.15, -0.1) is 0 Å². The molecule has 1 heterocycles. The number of aromatic nitrogens is 2. The van der Waals surface area contributed by atoms with Crippen LogP contribution in [0.15, 0.2) is 23.0 Å². The monoisotopic (exact) mass is 260 g/mol. The molecule has 3 rings (SSSR count). The van der Waals surface area contributed by atoms with Gasteiger partial charge in [0.2, 0.25) is 0 Å². The summed E-state index contributed by atoms with van der Waals surface area (Å²) in [4.78, 5) is 28.1. The summed E-state index contributed by atoms with van der Waals surface area (Å²) in [5.74, 6) is -1.03. The molecule has 1 atom stereocenters. The second-order valence-corrected chi connectivity index (χ2v) is 5.24. The molecular formula is C14H16N2O3. The van der Waals surface area contributed by atoms with Crippen LogP contribution in [0.4, 0.5) is 0 Å². The zero-order valence-electron chi connectivity index (χ0n) is 10.5. The largest absolute Gasteiger partial charge is 0.481 e. The Balaban J connectivity index is 2.03. The molecule has 1 unspecified atom stereocenters. The molecule has 1 aromatic carbocycles. The van der Waals surface area contributed by atoms with Gasteiger partial charge in [0.1, 0.15) is 0 Å². The number of carboxylic acids is 1. The Bertz CT molecular complexity index is 665. The minimum absolute atomic E-state index is 0.209. The van der Waals surface area contributed by atoms with Gasteiger partial charge in [0, 0.05) is 0 Å². The first-order valence-electron chi connectivity index (χ1n) is 6.60. The number of aromatic amines is 2. The highest BCUT2D eigenvalue weighted by atomic mass is 16.4. The molecular weight excluding hydrogens is 244 g/mol. The predicted molar refractivity (Wildman–Crippen MR) is 71.3 cm³/mol. The van der Waals surface area contributed by atoms with Crippen molar-refractivity contribution in [1.29, 1.82) is 0 Å². The topological polar surface area (TPSA) is 85.9 Å². The fourth-order valence-electron chi connectivity index (χ4n) is 3.15. The number of nitrogens with one attached hydrogen (secondary N) is 2. The van der Waals surface area contributed by atoms with Crippen LogP contribution in [0.5, 0.6) is 0 Å². The van der Waals surface area contributed by atoms with Crippen LogP contribution in [0.25, 0.3) is 11.0 Å².